The first-order chi connectivity index (χ1) is 12.0. The molecular weight excluding hydrogens is 349 g/mol. The third kappa shape index (κ3) is 4.25. The number of pyridine rings is 1. The van der Waals surface area contributed by atoms with Crippen molar-refractivity contribution in [1.29, 1.82) is 0 Å². The van der Waals surface area contributed by atoms with E-state index in [0.29, 0.717) is 17.9 Å². The fraction of sp³-hybridized carbons (Fsp3) is 0.588. The van der Waals surface area contributed by atoms with E-state index in [2.05, 4.69) is 10.1 Å². The summed E-state index contributed by atoms with van der Waals surface area (Å²) in [6, 6.07) is 0. The predicted molar refractivity (Wildman–Crippen MR) is 91.2 cm³/mol. The second-order valence-electron chi connectivity index (χ2n) is 6.31. The molecule has 0 unspecified atom stereocenters. The molecule has 2 heterocycles. The van der Waals surface area contributed by atoms with E-state index < -0.39 is 12.6 Å². The van der Waals surface area contributed by atoms with Crippen LogP contribution < -0.4 is 4.74 Å². The number of rotatable bonds is 6. The van der Waals surface area contributed by atoms with Gasteiger partial charge in [0.1, 0.15) is 0 Å². The van der Waals surface area contributed by atoms with Crippen LogP contribution in [0.3, 0.4) is 0 Å². The third-order valence-electron chi connectivity index (χ3n) is 4.46. The van der Waals surface area contributed by atoms with Crippen LogP contribution in [0, 0.1) is 13.8 Å². The number of hydrogen-bond donors (Lipinski definition) is 0. The number of aromatic nitrogens is 3. The van der Waals surface area contributed by atoms with Crippen molar-refractivity contribution in [2.24, 2.45) is 7.05 Å². The highest BCUT2D eigenvalue weighted by atomic mass is 19.4. The van der Waals surface area contributed by atoms with Crippen molar-refractivity contribution in [2.75, 3.05) is 20.7 Å². The van der Waals surface area contributed by atoms with Gasteiger partial charge in [-0.15, -0.1) is 5.10 Å². The first-order valence-electron chi connectivity index (χ1n) is 8.22. The summed E-state index contributed by atoms with van der Waals surface area (Å²) in [5, 5.41) is 5.06. The van der Waals surface area contributed by atoms with E-state index in [1.165, 1.54) is 14.2 Å². The molecule has 26 heavy (non-hydrogen) atoms. The number of methoxy groups -OCH3 is 1. The smallest absolute Gasteiger partial charge is 0.390 e. The highest BCUT2D eigenvalue weighted by Gasteiger charge is 2.28. The number of nitrogens with zero attached hydrogens (tertiary/aromatic N) is 4. The number of carbonyl (C=O) groups is 1. The minimum atomic E-state index is -4.27. The van der Waals surface area contributed by atoms with Crippen LogP contribution in [0.15, 0.2) is 0 Å². The maximum atomic E-state index is 12.3. The molecule has 0 aromatic carbocycles. The highest BCUT2D eigenvalue weighted by molar-refractivity contribution is 5.86. The van der Waals surface area contributed by atoms with Gasteiger partial charge in [-0.05, 0) is 31.4 Å². The Bertz CT molecular complexity index is 815. The van der Waals surface area contributed by atoms with E-state index in [4.69, 9.17) is 4.74 Å². The van der Waals surface area contributed by atoms with Crippen LogP contribution in [0.1, 0.15) is 29.7 Å². The Kier molecular flexibility index (Phi) is 5.77. The van der Waals surface area contributed by atoms with Crippen molar-refractivity contribution in [3.63, 3.8) is 0 Å². The van der Waals surface area contributed by atoms with Crippen molar-refractivity contribution < 1.29 is 22.7 Å². The summed E-state index contributed by atoms with van der Waals surface area (Å²) < 4.78 is 43.8. The molecule has 144 valence electrons. The number of aryl methyl sites for hydroxylation is 3. The maximum absolute atomic E-state index is 12.3. The Morgan fingerprint density at radius 2 is 1.96 bits per heavy atom. The number of halogens is 3. The summed E-state index contributed by atoms with van der Waals surface area (Å²) in [6.45, 7) is 3.42. The summed E-state index contributed by atoms with van der Waals surface area (Å²) >= 11 is 0. The lowest BCUT2D eigenvalue weighted by Crippen LogP contribution is -2.30. The van der Waals surface area contributed by atoms with Gasteiger partial charge in [0.15, 0.2) is 5.65 Å². The lowest BCUT2D eigenvalue weighted by molar-refractivity contribution is -0.144. The van der Waals surface area contributed by atoms with E-state index in [-0.39, 0.29) is 18.9 Å². The molecule has 1 amide bonds. The molecule has 2 aromatic rings. The Morgan fingerprint density at radius 3 is 2.54 bits per heavy atom. The Balaban J connectivity index is 2.17. The van der Waals surface area contributed by atoms with Gasteiger partial charge in [-0.3, -0.25) is 4.79 Å². The largest absolute Gasteiger partial charge is 0.479 e. The number of hydrogen-bond acceptors (Lipinski definition) is 4. The lowest BCUT2D eigenvalue weighted by atomic mass is 10.00. The van der Waals surface area contributed by atoms with E-state index in [1.54, 1.807) is 11.7 Å². The quantitative estimate of drug-likeness (QED) is 0.782. The van der Waals surface area contributed by atoms with Gasteiger partial charge < -0.3 is 9.64 Å². The van der Waals surface area contributed by atoms with E-state index in [9.17, 15) is 18.0 Å². The van der Waals surface area contributed by atoms with Crippen molar-refractivity contribution in [1.82, 2.24) is 19.7 Å². The normalized spacial score (nSPS) is 11.8. The zero-order valence-electron chi connectivity index (χ0n) is 15.6. The van der Waals surface area contributed by atoms with Crippen LogP contribution >= 0.6 is 0 Å². The maximum Gasteiger partial charge on any atom is 0.390 e. The molecule has 0 atom stereocenters. The number of carbonyl (C=O) groups excluding carboxylic acids is 1. The van der Waals surface area contributed by atoms with Crippen LogP contribution in [0.4, 0.5) is 13.2 Å². The molecule has 0 N–H and O–H groups in total. The van der Waals surface area contributed by atoms with Crippen molar-refractivity contribution in [3.8, 4) is 5.88 Å². The molecule has 2 rings (SSSR count). The van der Waals surface area contributed by atoms with Crippen molar-refractivity contribution >= 4 is 16.9 Å². The Hall–Kier alpha value is -2.32. The summed E-state index contributed by atoms with van der Waals surface area (Å²) in [7, 11) is 4.69. The lowest BCUT2D eigenvalue weighted by Gasteiger charge is -2.19. The van der Waals surface area contributed by atoms with Crippen LogP contribution in [0.25, 0.3) is 11.0 Å². The number of ether oxygens (including phenoxy) is 1. The van der Waals surface area contributed by atoms with Crippen molar-refractivity contribution in [3.05, 3.63) is 16.8 Å². The van der Waals surface area contributed by atoms with Crippen LogP contribution in [-0.2, 0) is 18.3 Å². The summed E-state index contributed by atoms with van der Waals surface area (Å²) in [6.07, 6.45) is -4.76. The minimum absolute atomic E-state index is 0.117. The molecule has 0 fully saturated rings. The highest BCUT2D eigenvalue weighted by Crippen LogP contribution is 2.30. The molecule has 0 aliphatic heterocycles. The standard InChI is InChI=1S/C17H23F3N4O2/c1-10-12(6-7-13(25)23(3)9-8-17(18,19)20)11(2)21-15-14(10)16(26-5)22-24(15)4/h6-9H2,1-5H3. The third-order valence-corrected chi connectivity index (χ3v) is 4.46. The molecular formula is C17H23F3N4O2. The molecule has 9 heteroatoms. The Morgan fingerprint density at radius 1 is 1.31 bits per heavy atom. The van der Waals surface area contributed by atoms with Gasteiger partial charge in [0.2, 0.25) is 11.8 Å². The minimum Gasteiger partial charge on any atom is -0.479 e. The Labute approximate surface area is 149 Å². The summed E-state index contributed by atoms with van der Waals surface area (Å²) in [5.41, 5.74) is 3.27. The van der Waals surface area contributed by atoms with Gasteiger partial charge in [-0.25, -0.2) is 9.67 Å². The van der Waals surface area contributed by atoms with E-state index in [0.717, 1.165) is 27.1 Å². The number of amides is 1. The average Bonchev–Trinajstić information content (AvgIpc) is 2.87. The van der Waals surface area contributed by atoms with E-state index >= 15 is 0 Å². The van der Waals surface area contributed by atoms with Gasteiger partial charge in [0, 0.05) is 32.8 Å². The SMILES string of the molecule is COc1nn(C)c2nc(C)c(CCC(=O)N(C)CCC(F)(F)F)c(C)c12. The van der Waals surface area contributed by atoms with Crippen molar-refractivity contribution in [2.45, 2.75) is 39.3 Å². The fourth-order valence-corrected chi connectivity index (χ4v) is 2.95. The molecule has 0 aliphatic rings. The van der Waals surface area contributed by atoms with Gasteiger partial charge in [-0.2, -0.15) is 13.2 Å². The van der Waals surface area contributed by atoms with Gasteiger partial charge in [0.05, 0.1) is 18.9 Å². The van der Waals surface area contributed by atoms with Crippen LogP contribution in [0.2, 0.25) is 0 Å². The van der Waals surface area contributed by atoms with Gasteiger partial charge >= 0.3 is 6.18 Å². The fourth-order valence-electron chi connectivity index (χ4n) is 2.95. The zero-order valence-corrected chi connectivity index (χ0v) is 15.6. The first kappa shape index (κ1) is 20.0. The molecule has 0 bridgehead atoms. The van der Waals surface area contributed by atoms with Crippen LogP contribution in [-0.4, -0.2) is 52.5 Å². The molecule has 0 aliphatic carbocycles. The monoisotopic (exact) mass is 372 g/mol. The van der Waals surface area contributed by atoms with Crippen LogP contribution in [0.5, 0.6) is 5.88 Å². The predicted octanol–water partition coefficient (Wildman–Crippen LogP) is 2.94. The average molecular weight is 372 g/mol. The molecule has 0 saturated carbocycles. The molecule has 0 saturated heterocycles. The van der Waals surface area contributed by atoms with Gasteiger partial charge in [0.25, 0.3) is 0 Å². The summed E-state index contributed by atoms with van der Waals surface area (Å²) in [4.78, 5) is 17.8. The zero-order chi connectivity index (χ0) is 19.6. The second-order valence-corrected chi connectivity index (χ2v) is 6.31. The number of fused-ring (bicyclic) bond motifs is 1. The molecule has 6 nitrogen and oxygen atoms in total. The number of alkyl halides is 3. The summed E-state index contributed by atoms with van der Waals surface area (Å²) in [5.74, 6) is 0.133. The second kappa shape index (κ2) is 7.51. The first-order valence-corrected chi connectivity index (χ1v) is 8.22. The van der Waals surface area contributed by atoms with E-state index in [1.807, 2.05) is 13.8 Å². The van der Waals surface area contributed by atoms with Gasteiger partial charge in [-0.1, -0.05) is 0 Å². The molecule has 0 spiro atoms. The molecule has 0 radical (unpaired) electrons. The topological polar surface area (TPSA) is 60.2 Å². The molecule has 2 aromatic heterocycles.